The molecule has 0 spiro atoms. The third-order valence-electron chi connectivity index (χ3n) is 12.9. The van der Waals surface area contributed by atoms with Gasteiger partial charge in [-0.2, -0.15) is 5.26 Å². The molecule has 0 radical (unpaired) electrons. The maximum absolute atomic E-state index is 13.9. The highest BCUT2D eigenvalue weighted by Gasteiger charge is 2.64. The van der Waals surface area contributed by atoms with Crippen molar-refractivity contribution < 1.29 is 33.8 Å². The minimum absolute atomic E-state index is 0.00772. The van der Waals surface area contributed by atoms with E-state index in [2.05, 4.69) is 61.6 Å². The summed E-state index contributed by atoms with van der Waals surface area (Å²) in [5.74, 6) is 5.42. The summed E-state index contributed by atoms with van der Waals surface area (Å²) in [4.78, 5) is 69.7. The first-order valence-corrected chi connectivity index (χ1v) is 22.3. The lowest BCUT2D eigenvalue weighted by Gasteiger charge is -2.63. The van der Waals surface area contributed by atoms with E-state index in [1.807, 2.05) is 42.5 Å². The third kappa shape index (κ3) is 10.7. The second kappa shape index (κ2) is 19.9. The van der Waals surface area contributed by atoms with E-state index in [1.54, 1.807) is 49.1 Å². The van der Waals surface area contributed by atoms with Crippen molar-refractivity contribution in [3.8, 4) is 23.7 Å². The fourth-order valence-electron chi connectivity index (χ4n) is 9.70. The number of likely N-dealkylation sites (tertiary alicyclic amines) is 2. The smallest absolute Gasteiger partial charge is 0.251 e. The minimum Gasteiger partial charge on any atom is -0.489 e. The molecule has 4 atom stereocenters. The first-order valence-electron chi connectivity index (χ1n) is 22.0. The van der Waals surface area contributed by atoms with Gasteiger partial charge in [-0.25, -0.2) is 0 Å². The number of aliphatic hydroxyl groups excluding tert-OH is 1. The van der Waals surface area contributed by atoms with E-state index in [9.17, 15) is 34.3 Å². The van der Waals surface area contributed by atoms with Gasteiger partial charge in [0.2, 0.25) is 23.6 Å². The van der Waals surface area contributed by atoms with Crippen molar-refractivity contribution in [1.29, 1.82) is 5.26 Å². The van der Waals surface area contributed by atoms with E-state index in [0.717, 1.165) is 11.1 Å². The van der Waals surface area contributed by atoms with Gasteiger partial charge in [0, 0.05) is 73.0 Å². The summed E-state index contributed by atoms with van der Waals surface area (Å²) in [7, 11) is 0. The van der Waals surface area contributed by atoms with Gasteiger partial charge in [0.1, 0.15) is 30.0 Å². The van der Waals surface area contributed by atoms with E-state index in [4.69, 9.17) is 16.3 Å². The first-order chi connectivity index (χ1) is 30.3. The van der Waals surface area contributed by atoms with Crippen molar-refractivity contribution >= 4 is 41.1 Å². The molecule has 6 rings (SSSR count). The van der Waals surface area contributed by atoms with E-state index in [-0.39, 0.29) is 61.1 Å². The van der Waals surface area contributed by atoms with Crippen LogP contribution >= 0.6 is 11.6 Å². The molecule has 14 heteroatoms. The molecule has 338 valence electrons. The van der Waals surface area contributed by atoms with Crippen molar-refractivity contribution in [2.24, 2.45) is 22.7 Å². The number of halogens is 1. The number of carbonyl (C=O) groups is 5. The largest absolute Gasteiger partial charge is 0.489 e. The van der Waals surface area contributed by atoms with Crippen LogP contribution in [0.5, 0.6) is 5.75 Å². The lowest BCUT2D eigenvalue weighted by Crippen LogP contribution is -2.74. The molecular formula is C50H59ClN6O7. The number of benzene rings is 3. The van der Waals surface area contributed by atoms with Gasteiger partial charge >= 0.3 is 0 Å². The van der Waals surface area contributed by atoms with Gasteiger partial charge < -0.3 is 35.6 Å². The Kier molecular flexibility index (Phi) is 14.8. The topological polar surface area (TPSA) is 181 Å². The Morgan fingerprint density at radius 1 is 0.938 bits per heavy atom. The molecular weight excluding hydrogens is 832 g/mol. The number of nitrogens with one attached hydrogen (secondary N) is 3. The van der Waals surface area contributed by atoms with Crippen LogP contribution in [0.3, 0.4) is 0 Å². The van der Waals surface area contributed by atoms with E-state index >= 15 is 0 Å². The third-order valence-corrected chi connectivity index (χ3v) is 13.2. The summed E-state index contributed by atoms with van der Waals surface area (Å²) in [6, 6.07) is 20.8. The van der Waals surface area contributed by atoms with Crippen LogP contribution in [0.1, 0.15) is 107 Å². The lowest BCUT2D eigenvalue weighted by atomic mass is 9.49. The molecule has 2 aliphatic heterocycles. The van der Waals surface area contributed by atoms with Crippen LogP contribution in [0.2, 0.25) is 5.02 Å². The molecule has 3 fully saturated rings. The van der Waals surface area contributed by atoms with E-state index < -0.39 is 46.9 Å². The molecule has 13 nitrogen and oxygen atoms in total. The van der Waals surface area contributed by atoms with Crippen LogP contribution in [0.4, 0.5) is 0 Å². The molecule has 3 aromatic rings. The van der Waals surface area contributed by atoms with Crippen LogP contribution in [-0.2, 0) is 19.2 Å². The van der Waals surface area contributed by atoms with E-state index in [0.29, 0.717) is 47.8 Å². The van der Waals surface area contributed by atoms with E-state index in [1.165, 1.54) is 11.8 Å². The Hall–Kier alpha value is -5.89. The zero-order valence-corrected chi connectivity index (χ0v) is 38.4. The summed E-state index contributed by atoms with van der Waals surface area (Å²) in [6.07, 6.45) is 0.283. The van der Waals surface area contributed by atoms with Crippen LogP contribution in [-0.4, -0.2) is 94.4 Å². The second-order valence-electron chi connectivity index (χ2n) is 18.8. The number of ether oxygens (including phenoxy) is 1. The van der Waals surface area contributed by atoms with Crippen LogP contribution in [0, 0.1) is 45.8 Å². The van der Waals surface area contributed by atoms with Gasteiger partial charge in [0.05, 0.1) is 29.2 Å². The molecule has 5 amide bonds. The summed E-state index contributed by atoms with van der Waals surface area (Å²) >= 11 is 6.24. The number of aliphatic hydroxyl groups is 1. The summed E-state index contributed by atoms with van der Waals surface area (Å²) in [6.45, 7) is 14.1. The molecule has 1 aliphatic carbocycles. The SMILES string of the molecule is CC(=O)NC(C(=O)N1CC(O)CC1C(=O)NC(CC(=O)N1CCC(C#Cc2ccc(C(=O)NC3C(C)(C)C(Oc4ccc(C#N)c(Cl)c4)C3(C)C)cc2)CC1)c1ccccc1)C(C)C. The maximum Gasteiger partial charge on any atom is 0.251 e. The van der Waals surface area contributed by atoms with Gasteiger partial charge in [-0.3, -0.25) is 24.0 Å². The Morgan fingerprint density at radius 3 is 2.19 bits per heavy atom. The molecule has 64 heavy (non-hydrogen) atoms. The average Bonchev–Trinajstić information content (AvgIpc) is 3.67. The second-order valence-corrected chi connectivity index (χ2v) is 19.2. The number of nitrogens with zero attached hydrogens (tertiary/aromatic N) is 3. The van der Waals surface area contributed by atoms with Gasteiger partial charge in [-0.05, 0) is 60.7 Å². The van der Waals surface area contributed by atoms with Crippen LogP contribution in [0.25, 0.3) is 0 Å². The van der Waals surface area contributed by atoms with Crippen molar-refractivity contribution in [3.05, 3.63) is 100 Å². The Bertz CT molecular complexity index is 2310. The number of nitriles is 1. The number of hydrogen-bond acceptors (Lipinski definition) is 8. The number of piperidine rings is 1. The quantitative estimate of drug-likeness (QED) is 0.165. The standard InChI is InChI=1S/C50H59ClN6O7/c1-30(2)43(53-31(3)58)46(63)57-29-37(59)25-41(57)45(62)54-40(34-11-9-8-10-12-34)27-42(60)56-23-21-33(22-24-56)14-13-32-15-17-35(18-16-32)44(61)55-47-49(4,5)48(50(47,6)7)64-38-20-19-36(28-52)39(51)26-38/h8-12,15-20,26,30,33,37,40-41,43,47-48,59H,21-25,27,29H2,1-7H3,(H,53,58)(H,54,62)(H,55,61). The van der Waals surface area contributed by atoms with Gasteiger partial charge in [-0.1, -0.05) is 95.3 Å². The molecule has 3 aromatic carbocycles. The fourth-order valence-corrected chi connectivity index (χ4v) is 9.91. The molecule has 2 saturated heterocycles. The predicted molar refractivity (Wildman–Crippen MR) is 243 cm³/mol. The number of amides is 5. The maximum atomic E-state index is 13.9. The number of hydrogen-bond donors (Lipinski definition) is 4. The molecule has 1 saturated carbocycles. The van der Waals surface area contributed by atoms with Crippen LogP contribution < -0.4 is 20.7 Å². The average molecular weight is 892 g/mol. The zero-order chi connectivity index (χ0) is 46.5. The number of β-amino-alcohol motifs (C(OH)–C–C–N with tert-alkyl or cyclic N) is 1. The summed E-state index contributed by atoms with van der Waals surface area (Å²) < 4.78 is 6.36. The number of carbonyl (C=O) groups excluding carboxylic acids is 5. The highest BCUT2D eigenvalue weighted by molar-refractivity contribution is 6.31. The Balaban J connectivity index is 1.01. The molecule has 0 bridgehead atoms. The Morgan fingerprint density at radius 2 is 1.59 bits per heavy atom. The summed E-state index contributed by atoms with van der Waals surface area (Å²) in [5, 5.41) is 29.0. The predicted octanol–water partition coefficient (Wildman–Crippen LogP) is 5.78. The van der Waals surface area contributed by atoms with Crippen molar-refractivity contribution in [3.63, 3.8) is 0 Å². The highest BCUT2D eigenvalue weighted by atomic mass is 35.5. The van der Waals surface area contributed by atoms with Crippen molar-refractivity contribution in [1.82, 2.24) is 25.8 Å². The van der Waals surface area contributed by atoms with Gasteiger partial charge in [0.25, 0.3) is 5.91 Å². The minimum atomic E-state index is -0.966. The first kappa shape index (κ1) is 47.6. The van der Waals surface area contributed by atoms with Gasteiger partial charge in [0.15, 0.2) is 0 Å². The fraction of sp³-hybridized carbons (Fsp3) is 0.480. The van der Waals surface area contributed by atoms with Crippen molar-refractivity contribution in [2.75, 3.05) is 19.6 Å². The lowest BCUT2D eigenvalue weighted by molar-refractivity contribution is -0.164. The highest BCUT2D eigenvalue weighted by Crippen LogP contribution is 2.55. The summed E-state index contributed by atoms with van der Waals surface area (Å²) in [5.41, 5.74) is 1.62. The zero-order valence-electron chi connectivity index (χ0n) is 37.6. The number of rotatable bonds is 12. The Labute approximate surface area is 381 Å². The normalized spacial score (nSPS) is 22.1. The van der Waals surface area contributed by atoms with Crippen molar-refractivity contribution in [2.45, 2.75) is 111 Å². The molecule has 4 N–H and O–H groups in total. The monoisotopic (exact) mass is 890 g/mol. The molecule has 4 unspecified atom stereocenters. The molecule has 2 heterocycles. The molecule has 3 aliphatic rings. The van der Waals surface area contributed by atoms with Gasteiger partial charge in [-0.15, -0.1) is 0 Å². The molecule has 0 aromatic heterocycles. The van der Waals surface area contributed by atoms with Crippen LogP contribution in [0.15, 0.2) is 72.8 Å².